The molecule has 0 spiro atoms. The zero-order valence-corrected chi connectivity index (χ0v) is 17.8. The van der Waals surface area contributed by atoms with Gasteiger partial charge in [0.05, 0.1) is 19.8 Å². The molecule has 1 aliphatic rings. The lowest BCUT2D eigenvalue weighted by Gasteiger charge is -2.29. The summed E-state index contributed by atoms with van der Waals surface area (Å²) < 4.78 is 18.9. The Morgan fingerprint density at radius 1 is 1.23 bits per heavy atom. The smallest absolute Gasteiger partial charge is 0.191 e. The molecule has 3 N–H and O–H groups in total. The van der Waals surface area contributed by atoms with E-state index in [1.807, 2.05) is 24.5 Å². The van der Waals surface area contributed by atoms with E-state index in [1.54, 1.807) is 0 Å². The third kappa shape index (κ3) is 5.32. The van der Waals surface area contributed by atoms with Crippen molar-refractivity contribution in [3.8, 4) is 0 Å². The monoisotopic (exact) mass is 424 g/mol. The number of nitrogens with zero attached hydrogens (tertiary/aromatic N) is 3. The number of guanidine groups is 1. The summed E-state index contributed by atoms with van der Waals surface area (Å²) in [5.74, 6) is 1.52. The minimum Gasteiger partial charge on any atom is -0.378 e. The number of H-pyrrole nitrogens is 1. The number of aliphatic imine (C=N–C) groups is 1. The van der Waals surface area contributed by atoms with Gasteiger partial charge in [0.15, 0.2) is 5.96 Å². The molecule has 0 aliphatic carbocycles. The SMILES string of the molecule is CCNC(=NCc1cccnc1N1CCOCC1)NCCc1c[nH]c2cc(F)ccc12. The van der Waals surface area contributed by atoms with Crippen LogP contribution in [-0.4, -0.2) is 55.3 Å². The maximum absolute atomic E-state index is 13.4. The second-order valence-electron chi connectivity index (χ2n) is 7.46. The molecule has 2 aromatic heterocycles. The van der Waals surface area contributed by atoms with E-state index in [2.05, 4.69) is 38.5 Å². The van der Waals surface area contributed by atoms with Gasteiger partial charge in [-0.25, -0.2) is 14.4 Å². The third-order valence-electron chi connectivity index (χ3n) is 5.35. The molecule has 31 heavy (non-hydrogen) atoms. The van der Waals surface area contributed by atoms with Crippen molar-refractivity contribution >= 4 is 22.7 Å². The van der Waals surface area contributed by atoms with Crippen molar-refractivity contribution in [3.05, 3.63) is 59.7 Å². The number of anilines is 1. The predicted molar refractivity (Wildman–Crippen MR) is 122 cm³/mol. The summed E-state index contributed by atoms with van der Waals surface area (Å²) >= 11 is 0. The molecule has 1 aliphatic heterocycles. The van der Waals surface area contributed by atoms with Crippen LogP contribution in [0.5, 0.6) is 0 Å². The number of halogens is 1. The third-order valence-corrected chi connectivity index (χ3v) is 5.35. The highest BCUT2D eigenvalue weighted by Gasteiger charge is 2.15. The molecule has 1 aromatic carbocycles. The van der Waals surface area contributed by atoms with Gasteiger partial charge in [-0.1, -0.05) is 6.07 Å². The quantitative estimate of drug-likeness (QED) is 0.402. The normalized spacial score (nSPS) is 14.8. The summed E-state index contributed by atoms with van der Waals surface area (Å²) in [5, 5.41) is 7.76. The van der Waals surface area contributed by atoms with E-state index in [-0.39, 0.29) is 5.82 Å². The second-order valence-corrected chi connectivity index (χ2v) is 7.46. The average Bonchev–Trinajstić information content (AvgIpc) is 3.20. The van der Waals surface area contributed by atoms with Crippen LogP contribution in [0.15, 0.2) is 47.7 Å². The average molecular weight is 425 g/mol. The molecular weight excluding hydrogens is 395 g/mol. The van der Waals surface area contributed by atoms with Crippen LogP contribution < -0.4 is 15.5 Å². The number of fused-ring (bicyclic) bond motifs is 1. The summed E-state index contributed by atoms with van der Waals surface area (Å²) in [4.78, 5) is 14.8. The second kappa shape index (κ2) is 10.3. The molecule has 0 radical (unpaired) electrons. The molecule has 1 fully saturated rings. The first-order chi connectivity index (χ1) is 15.2. The van der Waals surface area contributed by atoms with E-state index in [0.717, 1.165) is 79.6 Å². The van der Waals surface area contributed by atoms with Crippen molar-refractivity contribution in [2.24, 2.45) is 4.99 Å². The van der Waals surface area contributed by atoms with Crippen molar-refractivity contribution in [1.29, 1.82) is 0 Å². The van der Waals surface area contributed by atoms with Crippen LogP contribution in [0.1, 0.15) is 18.1 Å². The van der Waals surface area contributed by atoms with Crippen LogP contribution in [0.3, 0.4) is 0 Å². The number of pyridine rings is 1. The van der Waals surface area contributed by atoms with Crippen molar-refractivity contribution in [2.75, 3.05) is 44.3 Å². The zero-order valence-electron chi connectivity index (χ0n) is 17.8. The molecular formula is C23H29FN6O. The first kappa shape index (κ1) is 21.1. The molecule has 7 nitrogen and oxygen atoms in total. The summed E-state index contributed by atoms with van der Waals surface area (Å²) in [6.45, 7) is 7.24. The highest BCUT2D eigenvalue weighted by molar-refractivity contribution is 5.83. The molecule has 164 valence electrons. The van der Waals surface area contributed by atoms with Gasteiger partial charge in [-0.05, 0) is 43.2 Å². The Morgan fingerprint density at radius 2 is 2.10 bits per heavy atom. The van der Waals surface area contributed by atoms with Crippen molar-refractivity contribution in [1.82, 2.24) is 20.6 Å². The van der Waals surface area contributed by atoms with Crippen LogP contribution in [0.4, 0.5) is 10.2 Å². The van der Waals surface area contributed by atoms with Gasteiger partial charge in [0.25, 0.3) is 0 Å². The fraction of sp³-hybridized carbons (Fsp3) is 0.391. The summed E-state index contributed by atoms with van der Waals surface area (Å²) in [7, 11) is 0. The molecule has 1 saturated heterocycles. The maximum atomic E-state index is 13.4. The fourth-order valence-electron chi connectivity index (χ4n) is 3.80. The fourth-order valence-corrected chi connectivity index (χ4v) is 3.80. The number of aromatic amines is 1. The van der Waals surface area contributed by atoms with Gasteiger partial charge in [-0.15, -0.1) is 0 Å². The Labute approximate surface area is 181 Å². The van der Waals surface area contributed by atoms with E-state index in [0.29, 0.717) is 6.54 Å². The Kier molecular flexibility index (Phi) is 6.99. The van der Waals surface area contributed by atoms with Crippen LogP contribution in [0, 0.1) is 5.82 Å². The van der Waals surface area contributed by atoms with Gasteiger partial charge in [0.2, 0.25) is 0 Å². The molecule has 3 heterocycles. The molecule has 0 saturated carbocycles. The van der Waals surface area contributed by atoms with E-state index in [1.165, 1.54) is 12.1 Å². The summed E-state index contributed by atoms with van der Waals surface area (Å²) in [6.07, 6.45) is 4.58. The van der Waals surface area contributed by atoms with Crippen molar-refractivity contribution < 1.29 is 9.13 Å². The van der Waals surface area contributed by atoms with E-state index >= 15 is 0 Å². The lowest BCUT2D eigenvalue weighted by molar-refractivity contribution is 0.122. The van der Waals surface area contributed by atoms with E-state index < -0.39 is 0 Å². The van der Waals surface area contributed by atoms with Gasteiger partial charge < -0.3 is 25.3 Å². The van der Waals surface area contributed by atoms with E-state index in [9.17, 15) is 4.39 Å². The maximum Gasteiger partial charge on any atom is 0.191 e. The molecule has 8 heteroatoms. The van der Waals surface area contributed by atoms with Crippen LogP contribution in [0.2, 0.25) is 0 Å². The molecule has 3 aromatic rings. The Bertz CT molecular complexity index is 1030. The number of aromatic nitrogens is 2. The van der Waals surface area contributed by atoms with Crippen LogP contribution in [-0.2, 0) is 17.7 Å². The number of nitrogens with one attached hydrogen (secondary N) is 3. The predicted octanol–water partition coefficient (Wildman–Crippen LogP) is 2.84. The van der Waals surface area contributed by atoms with E-state index in [4.69, 9.17) is 9.73 Å². The lowest BCUT2D eigenvalue weighted by Crippen LogP contribution is -2.38. The highest BCUT2D eigenvalue weighted by atomic mass is 19.1. The van der Waals surface area contributed by atoms with Crippen LogP contribution in [0.25, 0.3) is 10.9 Å². The topological polar surface area (TPSA) is 77.6 Å². The Hall–Kier alpha value is -3.13. The molecule has 0 unspecified atom stereocenters. The van der Waals surface area contributed by atoms with Crippen LogP contribution >= 0.6 is 0 Å². The number of hydrogen-bond acceptors (Lipinski definition) is 4. The molecule has 4 rings (SSSR count). The molecule has 0 amide bonds. The molecule has 0 bridgehead atoms. The highest BCUT2D eigenvalue weighted by Crippen LogP contribution is 2.20. The number of morpholine rings is 1. The number of hydrogen-bond donors (Lipinski definition) is 3. The van der Waals surface area contributed by atoms with Crippen molar-refractivity contribution in [3.63, 3.8) is 0 Å². The number of rotatable bonds is 7. The first-order valence-corrected chi connectivity index (χ1v) is 10.8. The number of benzene rings is 1. The van der Waals surface area contributed by atoms with Gasteiger partial charge in [-0.3, -0.25) is 0 Å². The van der Waals surface area contributed by atoms with Gasteiger partial charge in [0, 0.05) is 55.0 Å². The number of ether oxygens (including phenoxy) is 1. The van der Waals surface area contributed by atoms with Crippen molar-refractivity contribution in [2.45, 2.75) is 19.9 Å². The minimum atomic E-state index is -0.229. The Balaban J connectivity index is 1.39. The zero-order chi connectivity index (χ0) is 21.5. The van der Waals surface area contributed by atoms with Gasteiger partial charge in [0.1, 0.15) is 11.6 Å². The first-order valence-electron chi connectivity index (χ1n) is 10.8. The Morgan fingerprint density at radius 3 is 2.94 bits per heavy atom. The standard InChI is InChI=1S/C23H29FN6O/c1-2-25-23(27-9-7-17-15-28-21-14-19(24)5-6-20(17)21)29-16-18-4-3-8-26-22(18)30-10-12-31-13-11-30/h3-6,8,14-15,28H,2,7,9-13,16H2,1H3,(H2,25,27,29). The largest absolute Gasteiger partial charge is 0.378 e. The lowest BCUT2D eigenvalue weighted by atomic mass is 10.1. The minimum absolute atomic E-state index is 0.229. The van der Waals surface area contributed by atoms with Gasteiger partial charge >= 0.3 is 0 Å². The van der Waals surface area contributed by atoms with Gasteiger partial charge in [-0.2, -0.15) is 0 Å². The summed E-state index contributed by atoms with van der Waals surface area (Å²) in [6, 6.07) is 8.88. The molecule has 0 atom stereocenters. The summed E-state index contributed by atoms with van der Waals surface area (Å²) in [5.41, 5.74) is 3.07.